The van der Waals surface area contributed by atoms with Gasteiger partial charge in [0.25, 0.3) is 0 Å². The van der Waals surface area contributed by atoms with E-state index in [-0.39, 0.29) is 24.7 Å². The molecule has 1 aromatic heterocycles. The number of aryl methyl sites for hydroxylation is 1. The van der Waals surface area contributed by atoms with Crippen molar-refractivity contribution >= 4 is 11.3 Å². The molecule has 22 heavy (non-hydrogen) atoms. The standard InChI is InChI=1S/C15H16F3N3S/c1-8-7-22-13(20-8)2-3-21-6-10-9(12(21)5-19)4-11(16)15(18)14(10)17/h4,7,12H,2-3,5-6,19H2,1H3. The van der Waals surface area contributed by atoms with Crippen LogP contribution in [0.5, 0.6) is 0 Å². The van der Waals surface area contributed by atoms with Crippen LogP contribution in [0.4, 0.5) is 13.2 Å². The summed E-state index contributed by atoms with van der Waals surface area (Å²) >= 11 is 1.57. The lowest BCUT2D eigenvalue weighted by atomic mass is 10.0. The van der Waals surface area contributed by atoms with E-state index in [9.17, 15) is 13.2 Å². The number of fused-ring (bicyclic) bond motifs is 1. The van der Waals surface area contributed by atoms with Crippen molar-refractivity contribution in [2.45, 2.75) is 25.9 Å². The molecular formula is C15H16F3N3S. The normalized spacial score (nSPS) is 18.0. The van der Waals surface area contributed by atoms with Crippen molar-refractivity contribution in [2.75, 3.05) is 13.1 Å². The van der Waals surface area contributed by atoms with Crippen molar-refractivity contribution in [3.8, 4) is 0 Å². The number of nitrogens with two attached hydrogens (primary N) is 1. The Balaban J connectivity index is 1.81. The first-order valence-electron chi connectivity index (χ1n) is 7.02. The van der Waals surface area contributed by atoms with Crippen LogP contribution in [0.15, 0.2) is 11.4 Å². The number of aromatic nitrogens is 1. The van der Waals surface area contributed by atoms with E-state index < -0.39 is 17.5 Å². The Bertz CT molecular complexity index is 702. The average Bonchev–Trinajstić information content (AvgIpc) is 3.06. The second-order valence-corrected chi connectivity index (χ2v) is 6.35. The highest BCUT2D eigenvalue weighted by molar-refractivity contribution is 7.09. The number of nitrogens with zero attached hydrogens (tertiary/aromatic N) is 2. The highest BCUT2D eigenvalue weighted by Crippen LogP contribution is 2.36. The number of rotatable bonds is 4. The monoisotopic (exact) mass is 327 g/mol. The van der Waals surface area contributed by atoms with Crippen LogP contribution < -0.4 is 5.73 Å². The first-order chi connectivity index (χ1) is 10.5. The van der Waals surface area contributed by atoms with E-state index in [2.05, 4.69) is 4.98 Å². The minimum Gasteiger partial charge on any atom is -0.329 e. The zero-order valence-corrected chi connectivity index (χ0v) is 12.9. The molecule has 2 heterocycles. The van der Waals surface area contributed by atoms with Gasteiger partial charge in [-0.25, -0.2) is 18.2 Å². The molecular weight excluding hydrogens is 311 g/mol. The SMILES string of the molecule is Cc1csc(CCN2Cc3c(cc(F)c(F)c3F)C2CN)n1. The van der Waals surface area contributed by atoms with Gasteiger partial charge in [-0.1, -0.05) is 0 Å². The molecule has 2 aromatic rings. The predicted octanol–water partition coefficient (Wildman–Crippen LogP) is 2.93. The van der Waals surface area contributed by atoms with Crippen LogP contribution in [-0.4, -0.2) is 23.0 Å². The number of thiazole rings is 1. The van der Waals surface area contributed by atoms with Crippen LogP contribution in [0.1, 0.15) is 27.9 Å². The molecule has 1 unspecified atom stereocenters. The van der Waals surface area contributed by atoms with Gasteiger partial charge in [-0.2, -0.15) is 0 Å². The summed E-state index contributed by atoms with van der Waals surface area (Å²) in [4.78, 5) is 6.33. The van der Waals surface area contributed by atoms with Crippen molar-refractivity contribution in [3.05, 3.63) is 50.7 Å². The van der Waals surface area contributed by atoms with Crippen molar-refractivity contribution < 1.29 is 13.2 Å². The van der Waals surface area contributed by atoms with Crippen LogP contribution in [0.3, 0.4) is 0 Å². The van der Waals surface area contributed by atoms with Gasteiger partial charge in [0.1, 0.15) is 0 Å². The van der Waals surface area contributed by atoms with Crippen LogP contribution in [0.25, 0.3) is 0 Å². The maximum Gasteiger partial charge on any atom is 0.194 e. The molecule has 1 aliphatic heterocycles. The Morgan fingerprint density at radius 3 is 2.77 bits per heavy atom. The fraction of sp³-hybridized carbons (Fsp3) is 0.400. The molecule has 0 bridgehead atoms. The molecule has 1 aromatic carbocycles. The van der Waals surface area contributed by atoms with Gasteiger partial charge >= 0.3 is 0 Å². The Morgan fingerprint density at radius 2 is 2.14 bits per heavy atom. The first kappa shape index (κ1) is 15.5. The lowest BCUT2D eigenvalue weighted by Gasteiger charge is -2.23. The van der Waals surface area contributed by atoms with Gasteiger partial charge in [-0.15, -0.1) is 11.3 Å². The Kier molecular flexibility index (Phi) is 4.20. The Morgan fingerprint density at radius 1 is 1.36 bits per heavy atom. The van der Waals surface area contributed by atoms with Gasteiger partial charge < -0.3 is 5.73 Å². The third kappa shape index (κ3) is 2.64. The number of halogens is 3. The van der Waals surface area contributed by atoms with Crippen LogP contribution >= 0.6 is 11.3 Å². The highest BCUT2D eigenvalue weighted by atomic mass is 32.1. The largest absolute Gasteiger partial charge is 0.329 e. The lowest BCUT2D eigenvalue weighted by Crippen LogP contribution is -2.29. The molecule has 3 rings (SSSR count). The van der Waals surface area contributed by atoms with Crippen molar-refractivity contribution in [3.63, 3.8) is 0 Å². The summed E-state index contributed by atoms with van der Waals surface area (Å²) in [5, 5.41) is 2.96. The minimum atomic E-state index is -1.41. The zero-order chi connectivity index (χ0) is 15.9. The number of benzene rings is 1. The van der Waals surface area contributed by atoms with E-state index in [4.69, 9.17) is 5.73 Å². The van der Waals surface area contributed by atoms with Crippen molar-refractivity contribution in [1.82, 2.24) is 9.88 Å². The summed E-state index contributed by atoms with van der Waals surface area (Å²) in [6.45, 7) is 3.01. The Labute approximate surface area is 130 Å². The van der Waals surface area contributed by atoms with Gasteiger partial charge in [-0.3, -0.25) is 4.90 Å². The fourth-order valence-corrected chi connectivity index (χ4v) is 3.65. The van der Waals surface area contributed by atoms with Gasteiger partial charge in [-0.05, 0) is 18.6 Å². The van der Waals surface area contributed by atoms with Crippen molar-refractivity contribution in [2.24, 2.45) is 5.73 Å². The van der Waals surface area contributed by atoms with E-state index in [0.717, 1.165) is 16.8 Å². The molecule has 0 radical (unpaired) electrons. The first-order valence-corrected chi connectivity index (χ1v) is 7.90. The fourth-order valence-electron chi connectivity index (χ4n) is 2.89. The topological polar surface area (TPSA) is 42.1 Å². The van der Waals surface area contributed by atoms with Crippen LogP contribution in [0.2, 0.25) is 0 Å². The summed E-state index contributed by atoms with van der Waals surface area (Å²) in [6, 6.07) is 0.777. The number of hydrogen-bond acceptors (Lipinski definition) is 4. The third-order valence-electron chi connectivity index (χ3n) is 3.96. The van der Waals surface area contributed by atoms with E-state index in [1.165, 1.54) is 0 Å². The van der Waals surface area contributed by atoms with Gasteiger partial charge in [0, 0.05) is 48.7 Å². The maximum absolute atomic E-state index is 13.9. The highest BCUT2D eigenvalue weighted by Gasteiger charge is 2.33. The third-order valence-corrected chi connectivity index (χ3v) is 4.99. The summed E-state index contributed by atoms with van der Waals surface area (Å²) in [5.74, 6) is -3.67. The molecule has 118 valence electrons. The van der Waals surface area contributed by atoms with E-state index in [1.54, 1.807) is 11.3 Å². The molecule has 2 N–H and O–H groups in total. The molecule has 0 saturated heterocycles. The number of hydrogen-bond donors (Lipinski definition) is 1. The molecule has 1 atom stereocenters. The zero-order valence-electron chi connectivity index (χ0n) is 12.1. The molecule has 7 heteroatoms. The van der Waals surface area contributed by atoms with E-state index >= 15 is 0 Å². The van der Waals surface area contributed by atoms with E-state index in [1.807, 2.05) is 17.2 Å². The minimum absolute atomic E-state index is 0.213. The molecule has 0 spiro atoms. The molecule has 0 aliphatic carbocycles. The van der Waals surface area contributed by atoms with Gasteiger partial charge in [0.2, 0.25) is 0 Å². The molecule has 0 saturated carbocycles. The van der Waals surface area contributed by atoms with Crippen LogP contribution in [0, 0.1) is 24.4 Å². The molecule has 3 nitrogen and oxygen atoms in total. The second kappa shape index (κ2) is 5.98. The molecule has 1 aliphatic rings. The summed E-state index contributed by atoms with van der Waals surface area (Å²) in [6.07, 6.45) is 0.704. The summed E-state index contributed by atoms with van der Waals surface area (Å²) < 4.78 is 40.8. The smallest absolute Gasteiger partial charge is 0.194 e. The van der Waals surface area contributed by atoms with Crippen LogP contribution in [-0.2, 0) is 13.0 Å². The summed E-state index contributed by atoms with van der Waals surface area (Å²) in [7, 11) is 0. The molecule has 0 fully saturated rings. The Hall–Kier alpha value is -1.44. The average molecular weight is 327 g/mol. The predicted molar refractivity (Wildman–Crippen MR) is 79.1 cm³/mol. The maximum atomic E-state index is 13.9. The quantitative estimate of drug-likeness (QED) is 0.878. The van der Waals surface area contributed by atoms with Gasteiger partial charge in [0.15, 0.2) is 17.5 Å². The van der Waals surface area contributed by atoms with Gasteiger partial charge in [0.05, 0.1) is 5.01 Å². The van der Waals surface area contributed by atoms with Crippen molar-refractivity contribution in [1.29, 1.82) is 0 Å². The summed E-state index contributed by atoms with van der Waals surface area (Å²) in [5.41, 5.74) is 7.39. The van der Waals surface area contributed by atoms with E-state index in [0.29, 0.717) is 18.5 Å². The second-order valence-electron chi connectivity index (χ2n) is 5.41. The molecule has 0 amide bonds. The lowest BCUT2D eigenvalue weighted by molar-refractivity contribution is 0.221.